The Kier molecular flexibility index (Phi) is 7.02. The Hall–Kier alpha value is -1.85. The SMILES string of the molecule is CC(C)(C)[Si](OC[C@@H]1CCS[C@H](c2ccccc2)O1)(c1ccccc1)c1ccccc1. The highest BCUT2D eigenvalue weighted by Gasteiger charge is 2.50. The standard InChI is InChI=1S/C27H32O2SSi/c1-27(2,3)31(24-15-9-5-10-16-24,25-17-11-6-12-18-25)28-21-23-19-20-30-26(29-23)22-13-7-4-8-14-22/h4-18,23,26H,19-21H2,1-3H3/t23-,26+/m0/s1. The van der Waals surface area contributed by atoms with Crippen molar-refractivity contribution >= 4 is 30.5 Å². The first-order chi connectivity index (χ1) is 15.0. The highest BCUT2D eigenvalue weighted by molar-refractivity contribution is 7.99. The van der Waals surface area contributed by atoms with E-state index in [0.717, 1.165) is 12.2 Å². The van der Waals surface area contributed by atoms with E-state index in [1.165, 1.54) is 15.9 Å². The first-order valence-electron chi connectivity index (χ1n) is 11.1. The average Bonchev–Trinajstić information content (AvgIpc) is 2.81. The predicted molar refractivity (Wildman–Crippen MR) is 135 cm³/mol. The van der Waals surface area contributed by atoms with Gasteiger partial charge < -0.3 is 9.16 Å². The quantitative estimate of drug-likeness (QED) is 0.445. The van der Waals surface area contributed by atoms with Gasteiger partial charge in [0.2, 0.25) is 0 Å². The molecule has 3 aromatic rings. The minimum atomic E-state index is -2.52. The maximum Gasteiger partial charge on any atom is 0.261 e. The van der Waals surface area contributed by atoms with Crippen molar-refractivity contribution in [3.8, 4) is 0 Å². The summed E-state index contributed by atoms with van der Waals surface area (Å²) in [6, 6.07) is 32.2. The van der Waals surface area contributed by atoms with Gasteiger partial charge in [-0.25, -0.2) is 0 Å². The molecule has 3 aromatic carbocycles. The average molecular weight is 449 g/mol. The summed E-state index contributed by atoms with van der Waals surface area (Å²) in [4.78, 5) is 0. The number of ether oxygens (including phenoxy) is 1. The fourth-order valence-electron chi connectivity index (χ4n) is 4.48. The molecule has 1 heterocycles. The summed E-state index contributed by atoms with van der Waals surface area (Å²) in [5, 5.41) is 2.62. The number of hydrogen-bond acceptors (Lipinski definition) is 3. The highest BCUT2D eigenvalue weighted by atomic mass is 32.2. The van der Waals surface area contributed by atoms with Crippen LogP contribution in [0.3, 0.4) is 0 Å². The van der Waals surface area contributed by atoms with Crippen LogP contribution >= 0.6 is 11.8 Å². The van der Waals surface area contributed by atoms with E-state index in [9.17, 15) is 0 Å². The summed E-state index contributed by atoms with van der Waals surface area (Å²) in [6.07, 6.45) is 1.12. The van der Waals surface area contributed by atoms with E-state index in [4.69, 9.17) is 9.16 Å². The Morgan fingerprint density at radius 1 is 0.839 bits per heavy atom. The summed E-state index contributed by atoms with van der Waals surface area (Å²) in [5.41, 5.74) is 1.32. The van der Waals surface area contributed by atoms with Crippen LogP contribution in [-0.2, 0) is 9.16 Å². The molecule has 2 atom stereocenters. The van der Waals surface area contributed by atoms with Crippen molar-refractivity contribution in [2.24, 2.45) is 0 Å². The largest absolute Gasteiger partial charge is 0.405 e. The van der Waals surface area contributed by atoms with E-state index in [-0.39, 0.29) is 16.6 Å². The molecule has 0 aromatic heterocycles. The van der Waals surface area contributed by atoms with Gasteiger partial charge in [0.25, 0.3) is 8.32 Å². The molecule has 0 unspecified atom stereocenters. The molecule has 0 aliphatic carbocycles. The van der Waals surface area contributed by atoms with Gasteiger partial charge in [-0.05, 0) is 33.1 Å². The molecule has 31 heavy (non-hydrogen) atoms. The van der Waals surface area contributed by atoms with Crippen LogP contribution in [0, 0.1) is 0 Å². The molecular formula is C27H32O2SSi. The molecule has 1 aliphatic heterocycles. The molecule has 1 aliphatic rings. The van der Waals surface area contributed by atoms with Gasteiger partial charge in [-0.3, -0.25) is 0 Å². The lowest BCUT2D eigenvalue weighted by Gasteiger charge is -2.44. The molecule has 0 bridgehead atoms. The van der Waals surface area contributed by atoms with E-state index < -0.39 is 8.32 Å². The fraction of sp³-hybridized carbons (Fsp3) is 0.333. The van der Waals surface area contributed by atoms with Crippen LogP contribution in [0.2, 0.25) is 5.04 Å². The predicted octanol–water partition coefficient (Wildman–Crippen LogP) is 5.78. The van der Waals surface area contributed by atoms with Crippen LogP contribution in [0.15, 0.2) is 91.0 Å². The van der Waals surface area contributed by atoms with Crippen molar-refractivity contribution in [2.75, 3.05) is 12.4 Å². The number of benzene rings is 3. The van der Waals surface area contributed by atoms with Crippen LogP contribution in [-0.4, -0.2) is 26.8 Å². The van der Waals surface area contributed by atoms with Crippen molar-refractivity contribution in [2.45, 2.75) is 43.8 Å². The second-order valence-electron chi connectivity index (χ2n) is 9.13. The monoisotopic (exact) mass is 448 g/mol. The zero-order valence-corrected chi connectivity index (χ0v) is 20.5. The summed E-state index contributed by atoms with van der Waals surface area (Å²) >= 11 is 1.89. The molecule has 0 spiro atoms. The number of hydrogen-bond donors (Lipinski definition) is 0. The fourth-order valence-corrected chi connectivity index (χ4v) is 10.3. The van der Waals surface area contributed by atoms with Gasteiger partial charge in [-0.1, -0.05) is 112 Å². The van der Waals surface area contributed by atoms with Gasteiger partial charge in [0.05, 0.1) is 12.7 Å². The molecule has 0 saturated carbocycles. The summed E-state index contributed by atoms with van der Waals surface area (Å²) in [5.74, 6) is 1.09. The maximum atomic E-state index is 7.09. The van der Waals surface area contributed by atoms with E-state index in [0.29, 0.717) is 6.61 Å². The lowest BCUT2D eigenvalue weighted by Crippen LogP contribution is -2.67. The first-order valence-corrected chi connectivity index (χ1v) is 14.0. The molecule has 162 valence electrons. The zero-order chi connectivity index (χ0) is 21.7. The van der Waals surface area contributed by atoms with Crippen LogP contribution < -0.4 is 10.4 Å². The lowest BCUT2D eigenvalue weighted by atomic mass is 10.2. The first kappa shape index (κ1) is 22.3. The van der Waals surface area contributed by atoms with Crippen molar-refractivity contribution < 1.29 is 9.16 Å². The Labute approximate surface area is 192 Å². The van der Waals surface area contributed by atoms with Crippen LogP contribution in [0.5, 0.6) is 0 Å². The van der Waals surface area contributed by atoms with E-state index in [1.54, 1.807) is 0 Å². The van der Waals surface area contributed by atoms with E-state index in [2.05, 4.69) is 112 Å². The van der Waals surface area contributed by atoms with Gasteiger partial charge in [-0.15, -0.1) is 11.8 Å². The Balaban J connectivity index is 1.63. The van der Waals surface area contributed by atoms with Gasteiger partial charge in [0, 0.05) is 0 Å². The number of rotatable bonds is 6. The van der Waals surface area contributed by atoms with Crippen molar-refractivity contribution in [3.05, 3.63) is 96.6 Å². The molecule has 4 heteroatoms. The summed E-state index contributed by atoms with van der Waals surface area (Å²) in [7, 11) is -2.52. The highest BCUT2D eigenvalue weighted by Crippen LogP contribution is 2.39. The molecule has 4 rings (SSSR count). The van der Waals surface area contributed by atoms with Gasteiger partial charge in [0.1, 0.15) is 5.44 Å². The van der Waals surface area contributed by atoms with Gasteiger partial charge >= 0.3 is 0 Å². The zero-order valence-electron chi connectivity index (χ0n) is 18.7. The molecule has 1 fully saturated rings. The molecule has 2 nitrogen and oxygen atoms in total. The molecule has 0 radical (unpaired) electrons. The van der Waals surface area contributed by atoms with Crippen molar-refractivity contribution in [3.63, 3.8) is 0 Å². The second kappa shape index (κ2) is 9.74. The third kappa shape index (κ3) is 4.83. The third-order valence-corrected chi connectivity index (χ3v) is 12.2. The van der Waals surface area contributed by atoms with Crippen LogP contribution in [0.25, 0.3) is 0 Å². The lowest BCUT2D eigenvalue weighted by molar-refractivity contribution is -0.00546. The van der Waals surface area contributed by atoms with Crippen LogP contribution in [0.1, 0.15) is 38.2 Å². The Morgan fingerprint density at radius 2 is 1.35 bits per heavy atom. The van der Waals surface area contributed by atoms with Crippen LogP contribution in [0.4, 0.5) is 0 Å². The smallest absolute Gasteiger partial charge is 0.261 e. The Morgan fingerprint density at radius 3 is 1.87 bits per heavy atom. The van der Waals surface area contributed by atoms with Gasteiger partial charge in [-0.2, -0.15) is 0 Å². The minimum absolute atomic E-state index is 0.0159. The normalized spacial score (nSPS) is 19.8. The van der Waals surface area contributed by atoms with E-state index in [1.807, 2.05) is 11.8 Å². The number of thioether (sulfide) groups is 1. The van der Waals surface area contributed by atoms with E-state index >= 15 is 0 Å². The molecule has 0 N–H and O–H groups in total. The topological polar surface area (TPSA) is 18.5 Å². The Bertz CT molecular complexity index is 902. The van der Waals surface area contributed by atoms with Crippen molar-refractivity contribution in [1.82, 2.24) is 0 Å². The molecular weight excluding hydrogens is 416 g/mol. The third-order valence-electron chi connectivity index (χ3n) is 6.00. The summed E-state index contributed by atoms with van der Waals surface area (Å²) < 4.78 is 13.6. The maximum absolute atomic E-state index is 7.09. The summed E-state index contributed by atoms with van der Waals surface area (Å²) in [6.45, 7) is 7.59. The second-order valence-corrected chi connectivity index (χ2v) is 14.6. The molecule has 1 saturated heterocycles. The van der Waals surface area contributed by atoms with Gasteiger partial charge in [0.15, 0.2) is 0 Å². The minimum Gasteiger partial charge on any atom is -0.405 e. The molecule has 0 amide bonds. The van der Waals surface area contributed by atoms with Crippen molar-refractivity contribution in [1.29, 1.82) is 0 Å².